The van der Waals surface area contributed by atoms with Crippen molar-refractivity contribution in [1.82, 2.24) is 0 Å². The average molecular weight is 465 g/mol. The maximum absolute atomic E-state index is 12.4. The molecule has 3 nitrogen and oxygen atoms in total. The predicted octanol–water partition coefficient (Wildman–Crippen LogP) is 9.11. The molecular formula is C31H44O3. The molecule has 0 bridgehead atoms. The Morgan fingerprint density at radius 3 is 1.88 bits per heavy atom. The van der Waals surface area contributed by atoms with Gasteiger partial charge in [-0.3, -0.25) is 0 Å². The van der Waals surface area contributed by atoms with Gasteiger partial charge in [-0.2, -0.15) is 0 Å². The van der Waals surface area contributed by atoms with E-state index in [-0.39, 0.29) is 12.1 Å². The summed E-state index contributed by atoms with van der Waals surface area (Å²) >= 11 is 0. The molecule has 0 spiro atoms. The Hall–Kier alpha value is -2.55. The average Bonchev–Trinajstić information content (AvgIpc) is 2.86. The van der Waals surface area contributed by atoms with Crippen LogP contribution in [0.5, 0.6) is 5.75 Å². The van der Waals surface area contributed by atoms with Crippen LogP contribution >= 0.6 is 0 Å². The number of unbranched alkanes of at least 4 members (excludes halogenated alkanes) is 8. The van der Waals surface area contributed by atoms with E-state index in [0.29, 0.717) is 5.56 Å². The summed E-state index contributed by atoms with van der Waals surface area (Å²) in [5, 5.41) is 0. The lowest BCUT2D eigenvalue weighted by Crippen LogP contribution is -2.15. The molecule has 2 aromatic carbocycles. The van der Waals surface area contributed by atoms with Crippen molar-refractivity contribution in [3.8, 4) is 5.75 Å². The Labute approximate surface area is 207 Å². The normalized spacial score (nSPS) is 12.1. The third-order valence-corrected chi connectivity index (χ3v) is 6.03. The lowest BCUT2D eigenvalue weighted by atomic mass is 10.1. The van der Waals surface area contributed by atoms with Crippen LogP contribution in [-0.4, -0.2) is 18.7 Å². The molecule has 3 heteroatoms. The Kier molecular flexibility index (Phi) is 13.8. The molecule has 0 fully saturated rings. The monoisotopic (exact) mass is 464 g/mol. The van der Waals surface area contributed by atoms with Gasteiger partial charge in [-0.05, 0) is 61.6 Å². The molecule has 0 radical (unpaired) electrons. The first-order chi connectivity index (χ1) is 16.6. The van der Waals surface area contributed by atoms with Gasteiger partial charge in [0.15, 0.2) is 0 Å². The van der Waals surface area contributed by atoms with Gasteiger partial charge in [0.25, 0.3) is 0 Å². The van der Waals surface area contributed by atoms with Crippen LogP contribution in [-0.2, 0) is 4.74 Å². The van der Waals surface area contributed by atoms with Gasteiger partial charge in [-0.1, -0.05) is 102 Å². The first-order valence-corrected chi connectivity index (χ1v) is 13.3. The Bertz CT molecular complexity index is 821. The summed E-state index contributed by atoms with van der Waals surface area (Å²) in [6.45, 7) is 7.21. The Morgan fingerprint density at radius 2 is 1.26 bits per heavy atom. The smallest absolute Gasteiger partial charge is 0.338 e. The van der Waals surface area contributed by atoms with Gasteiger partial charge < -0.3 is 9.47 Å². The largest absolute Gasteiger partial charge is 0.494 e. The van der Waals surface area contributed by atoms with Gasteiger partial charge in [0.1, 0.15) is 5.75 Å². The fourth-order valence-corrected chi connectivity index (χ4v) is 3.84. The quantitative estimate of drug-likeness (QED) is 0.133. The fourth-order valence-electron chi connectivity index (χ4n) is 3.84. The van der Waals surface area contributed by atoms with E-state index in [0.717, 1.165) is 42.7 Å². The van der Waals surface area contributed by atoms with Crippen LogP contribution < -0.4 is 4.74 Å². The molecule has 2 aromatic rings. The zero-order valence-electron chi connectivity index (χ0n) is 21.6. The van der Waals surface area contributed by atoms with E-state index in [2.05, 4.69) is 38.1 Å². The van der Waals surface area contributed by atoms with E-state index >= 15 is 0 Å². The first kappa shape index (κ1) is 27.7. The topological polar surface area (TPSA) is 35.5 Å². The maximum Gasteiger partial charge on any atom is 0.338 e. The molecule has 0 aliphatic carbocycles. The van der Waals surface area contributed by atoms with E-state index < -0.39 is 0 Å². The van der Waals surface area contributed by atoms with Crippen LogP contribution in [0.3, 0.4) is 0 Å². The van der Waals surface area contributed by atoms with Gasteiger partial charge >= 0.3 is 5.97 Å². The fraction of sp³-hybridized carbons (Fsp3) is 0.516. The molecule has 0 aliphatic heterocycles. The van der Waals surface area contributed by atoms with E-state index in [9.17, 15) is 4.79 Å². The van der Waals surface area contributed by atoms with E-state index in [1.165, 1.54) is 51.4 Å². The summed E-state index contributed by atoms with van der Waals surface area (Å²) in [6, 6.07) is 15.8. The van der Waals surface area contributed by atoms with Crippen LogP contribution in [0.4, 0.5) is 0 Å². The molecule has 0 aromatic heterocycles. The van der Waals surface area contributed by atoms with Crippen LogP contribution in [0.15, 0.2) is 48.5 Å². The summed E-state index contributed by atoms with van der Waals surface area (Å²) in [4.78, 5) is 12.4. The van der Waals surface area contributed by atoms with Crippen molar-refractivity contribution >= 4 is 18.1 Å². The highest BCUT2D eigenvalue weighted by Gasteiger charge is 2.11. The minimum Gasteiger partial charge on any atom is -0.494 e. The van der Waals surface area contributed by atoms with Gasteiger partial charge in [-0.25, -0.2) is 4.79 Å². The summed E-state index contributed by atoms with van der Waals surface area (Å²) in [7, 11) is 0. The molecule has 0 amide bonds. The second kappa shape index (κ2) is 17.0. The van der Waals surface area contributed by atoms with Gasteiger partial charge in [0.05, 0.1) is 18.3 Å². The number of benzene rings is 2. The number of hydrogen-bond acceptors (Lipinski definition) is 3. The molecule has 0 unspecified atom stereocenters. The van der Waals surface area contributed by atoms with Crippen LogP contribution in [0.1, 0.15) is 113 Å². The highest BCUT2D eigenvalue weighted by molar-refractivity contribution is 5.89. The Morgan fingerprint density at radius 1 is 0.735 bits per heavy atom. The van der Waals surface area contributed by atoms with Crippen molar-refractivity contribution in [2.45, 2.75) is 97.5 Å². The molecule has 2 rings (SSSR count). The summed E-state index contributed by atoms with van der Waals surface area (Å²) in [6.07, 6.45) is 17.4. The number of hydrogen-bond donors (Lipinski definition) is 0. The van der Waals surface area contributed by atoms with E-state index in [1.807, 2.05) is 43.3 Å². The molecule has 0 saturated heterocycles. The molecule has 34 heavy (non-hydrogen) atoms. The molecule has 0 saturated carbocycles. The number of rotatable bonds is 17. The second-order valence-corrected chi connectivity index (χ2v) is 9.21. The summed E-state index contributed by atoms with van der Waals surface area (Å²) in [5.41, 5.74) is 2.77. The SMILES string of the molecule is CCCCCCCCOc1ccc(C=Cc2ccc(C(=O)O[C@H](C)CCCCCC)cc2)cc1. The van der Waals surface area contributed by atoms with Gasteiger partial charge in [0.2, 0.25) is 0 Å². The highest BCUT2D eigenvalue weighted by atomic mass is 16.5. The lowest BCUT2D eigenvalue weighted by molar-refractivity contribution is 0.0319. The number of esters is 1. The second-order valence-electron chi connectivity index (χ2n) is 9.21. The highest BCUT2D eigenvalue weighted by Crippen LogP contribution is 2.17. The van der Waals surface area contributed by atoms with Crippen LogP contribution in [0.25, 0.3) is 12.2 Å². The van der Waals surface area contributed by atoms with E-state index in [4.69, 9.17) is 9.47 Å². The number of carbonyl (C=O) groups is 1. The number of carbonyl (C=O) groups excluding carboxylic acids is 1. The van der Waals surface area contributed by atoms with Gasteiger partial charge in [-0.15, -0.1) is 0 Å². The molecule has 0 heterocycles. The predicted molar refractivity (Wildman–Crippen MR) is 144 cm³/mol. The first-order valence-electron chi connectivity index (χ1n) is 13.3. The van der Waals surface area contributed by atoms with Gasteiger partial charge in [0, 0.05) is 0 Å². The van der Waals surface area contributed by atoms with Crippen molar-refractivity contribution in [2.24, 2.45) is 0 Å². The van der Waals surface area contributed by atoms with E-state index in [1.54, 1.807) is 0 Å². The molecule has 0 aliphatic rings. The van der Waals surface area contributed by atoms with Crippen molar-refractivity contribution in [2.75, 3.05) is 6.61 Å². The summed E-state index contributed by atoms with van der Waals surface area (Å²) < 4.78 is 11.4. The van der Waals surface area contributed by atoms with Crippen molar-refractivity contribution in [3.63, 3.8) is 0 Å². The van der Waals surface area contributed by atoms with Crippen molar-refractivity contribution in [3.05, 3.63) is 65.2 Å². The Balaban J connectivity index is 1.73. The molecule has 186 valence electrons. The molecule has 0 N–H and O–H groups in total. The van der Waals surface area contributed by atoms with Crippen molar-refractivity contribution < 1.29 is 14.3 Å². The third-order valence-electron chi connectivity index (χ3n) is 6.03. The van der Waals surface area contributed by atoms with Crippen LogP contribution in [0.2, 0.25) is 0 Å². The standard InChI is InChI=1S/C31H44O3/c1-4-6-8-10-11-13-25-33-30-23-19-28(20-24-30)16-15-27-17-21-29(22-18-27)31(32)34-26(3)14-12-9-7-5-2/h15-24,26H,4-14,25H2,1-3H3/t26-/m1/s1. The minimum absolute atomic E-state index is 0.0401. The molecular weight excluding hydrogens is 420 g/mol. The maximum atomic E-state index is 12.4. The zero-order valence-corrected chi connectivity index (χ0v) is 21.6. The molecule has 1 atom stereocenters. The van der Waals surface area contributed by atoms with Crippen molar-refractivity contribution in [1.29, 1.82) is 0 Å². The lowest BCUT2D eigenvalue weighted by Gasteiger charge is -2.13. The van der Waals surface area contributed by atoms with Crippen LogP contribution in [0, 0.1) is 0 Å². The minimum atomic E-state index is -0.241. The number of ether oxygens (including phenoxy) is 2. The third kappa shape index (κ3) is 11.5. The zero-order chi connectivity index (χ0) is 24.4. The summed E-state index contributed by atoms with van der Waals surface area (Å²) in [5.74, 6) is 0.684.